The van der Waals surface area contributed by atoms with Gasteiger partial charge in [-0.2, -0.15) is 4.39 Å². The van der Waals surface area contributed by atoms with E-state index < -0.39 is 57.2 Å². The molecule has 0 N–H and O–H groups in total. The minimum atomic E-state index is -1.51. The number of ether oxygens (including phenoxy) is 2. The van der Waals surface area contributed by atoms with Crippen LogP contribution in [-0.4, -0.2) is 19.3 Å². The molecular weight excluding hydrogens is 506 g/mol. The number of hydrogen-bond donors (Lipinski definition) is 0. The number of halogens is 6. The standard InChI is InChI=1S/C30H30F6O2/c1-3-5-17-6-9-19(38-16-17)10-7-18-8-11-20(26(32)25(18)31)21-12-13-22(28(34)27(21)33)23-14-15-24(37-4-2)30(36)29(23)35/h8,11-15,17,19H,3-7,9-10,16H2,1-2H3. The Labute approximate surface area is 218 Å². The van der Waals surface area contributed by atoms with Gasteiger partial charge in [0.1, 0.15) is 0 Å². The van der Waals surface area contributed by atoms with E-state index in [0.717, 1.165) is 49.9 Å². The van der Waals surface area contributed by atoms with Crippen LogP contribution in [0.5, 0.6) is 5.75 Å². The second-order valence-electron chi connectivity index (χ2n) is 9.59. The minimum Gasteiger partial charge on any atom is -0.491 e. The van der Waals surface area contributed by atoms with E-state index in [0.29, 0.717) is 18.9 Å². The van der Waals surface area contributed by atoms with Gasteiger partial charge in [0.2, 0.25) is 5.82 Å². The van der Waals surface area contributed by atoms with Crippen molar-refractivity contribution in [1.29, 1.82) is 0 Å². The van der Waals surface area contributed by atoms with Crippen LogP contribution >= 0.6 is 0 Å². The van der Waals surface area contributed by atoms with Gasteiger partial charge in [0, 0.05) is 28.9 Å². The topological polar surface area (TPSA) is 18.5 Å². The van der Waals surface area contributed by atoms with Crippen LogP contribution in [0.3, 0.4) is 0 Å². The van der Waals surface area contributed by atoms with E-state index >= 15 is 4.39 Å². The Balaban J connectivity index is 1.54. The Morgan fingerprint density at radius 1 is 0.684 bits per heavy atom. The van der Waals surface area contributed by atoms with Crippen LogP contribution in [0.15, 0.2) is 36.4 Å². The van der Waals surface area contributed by atoms with Gasteiger partial charge < -0.3 is 9.47 Å². The van der Waals surface area contributed by atoms with E-state index in [1.54, 1.807) is 6.92 Å². The largest absolute Gasteiger partial charge is 0.491 e. The molecule has 0 spiro atoms. The summed E-state index contributed by atoms with van der Waals surface area (Å²) in [4.78, 5) is 0. The monoisotopic (exact) mass is 536 g/mol. The summed E-state index contributed by atoms with van der Waals surface area (Å²) in [6, 6.07) is 6.74. The van der Waals surface area contributed by atoms with Crippen LogP contribution in [0, 0.1) is 40.8 Å². The predicted octanol–water partition coefficient (Wildman–Crippen LogP) is 8.78. The van der Waals surface area contributed by atoms with Crippen molar-refractivity contribution in [3.05, 3.63) is 76.9 Å². The van der Waals surface area contributed by atoms with Crippen molar-refractivity contribution in [2.24, 2.45) is 5.92 Å². The van der Waals surface area contributed by atoms with Crippen LogP contribution in [-0.2, 0) is 11.2 Å². The SMILES string of the molecule is CCCC1CCC(CCc2ccc(-c3ccc(-c4ccc(OCC)c(F)c4F)c(F)c3F)c(F)c2F)OC1. The molecule has 2 nitrogen and oxygen atoms in total. The molecule has 1 saturated heterocycles. The third-order valence-corrected chi connectivity index (χ3v) is 7.07. The van der Waals surface area contributed by atoms with E-state index in [4.69, 9.17) is 9.47 Å². The molecule has 0 aromatic heterocycles. The number of aryl methyl sites for hydroxylation is 1. The molecule has 38 heavy (non-hydrogen) atoms. The molecule has 1 heterocycles. The van der Waals surface area contributed by atoms with Crippen LogP contribution in [0.1, 0.15) is 51.5 Å². The maximum absolute atomic E-state index is 15.0. The summed E-state index contributed by atoms with van der Waals surface area (Å²) >= 11 is 0. The maximum Gasteiger partial charge on any atom is 0.201 e. The van der Waals surface area contributed by atoms with Gasteiger partial charge in [-0.3, -0.25) is 0 Å². The highest BCUT2D eigenvalue weighted by atomic mass is 19.2. The van der Waals surface area contributed by atoms with Gasteiger partial charge in [-0.15, -0.1) is 0 Å². The molecule has 2 atom stereocenters. The lowest BCUT2D eigenvalue weighted by Crippen LogP contribution is -2.26. The molecule has 0 saturated carbocycles. The molecule has 4 rings (SSSR count). The molecule has 1 aliphatic rings. The van der Waals surface area contributed by atoms with E-state index in [1.807, 2.05) is 0 Å². The molecule has 0 radical (unpaired) electrons. The Morgan fingerprint density at radius 3 is 1.79 bits per heavy atom. The van der Waals surface area contributed by atoms with Crippen molar-refractivity contribution in [2.45, 2.75) is 58.5 Å². The molecule has 3 aromatic carbocycles. The van der Waals surface area contributed by atoms with E-state index in [-0.39, 0.29) is 30.4 Å². The fourth-order valence-corrected chi connectivity index (χ4v) is 5.00. The molecular formula is C30H30F6O2. The summed E-state index contributed by atoms with van der Waals surface area (Å²) in [5, 5.41) is 0. The second-order valence-corrected chi connectivity index (χ2v) is 9.59. The van der Waals surface area contributed by atoms with Crippen LogP contribution in [0.25, 0.3) is 22.3 Å². The molecule has 0 bridgehead atoms. The third-order valence-electron chi connectivity index (χ3n) is 7.07. The zero-order valence-electron chi connectivity index (χ0n) is 21.4. The molecule has 1 aliphatic heterocycles. The lowest BCUT2D eigenvalue weighted by Gasteiger charge is -2.29. The van der Waals surface area contributed by atoms with E-state index in [2.05, 4.69) is 6.92 Å². The van der Waals surface area contributed by atoms with Crippen molar-refractivity contribution in [3.8, 4) is 28.0 Å². The summed E-state index contributed by atoms with van der Waals surface area (Å²) in [5.74, 6) is -8.02. The fourth-order valence-electron chi connectivity index (χ4n) is 5.00. The zero-order chi connectivity index (χ0) is 27.4. The lowest BCUT2D eigenvalue weighted by atomic mass is 9.92. The van der Waals surface area contributed by atoms with Crippen molar-refractivity contribution < 1.29 is 35.8 Å². The third kappa shape index (κ3) is 5.70. The van der Waals surface area contributed by atoms with Gasteiger partial charge in [-0.05, 0) is 62.6 Å². The first kappa shape index (κ1) is 28.0. The van der Waals surface area contributed by atoms with Crippen LogP contribution in [0.4, 0.5) is 26.3 Å². The highest BCUT2D eigenvalue weighted by molar-refractivity contribution is 5.73. The van der Waals surface area contributed by atoms with Crippen molar-refractivity contribution in [1.82, 2.24) is 0 Å². The first-order valence-electron chi connectivity index (χ1n) is 12.9. The molecule has 0 aliphatic carbocycles. The van der Waals surface area contributed by atoms with Gasteiger partial charge >= 0.3 is 0 Å². The van der Waals surface area contributed by atoms with Crippen molar-refractivity contribution in [3.63, 3.8) is 0 Å². The van der Waals surface area contributed by atoms with Gasteiger partial charge in [0.05, 0.1) is 12.7 Å². The maximum atomic E-state index is 15.0. The normalized spacial score (nSPS) is 17.6. The van der Waals surface area contributed by atoms with Crippen LogP contribution < -0.4 is 4.74 Å². The fraction of sp³-hybridized carbons (Fsp3) is 0.400. The molecule has 1 fully saturated rings. The average molecular weight is 537 g/mol. The minimum absolute atomic E-state index is 0.0304. The quantitative estimate of drug-likeness (QED) is 0.255. The smallest absolute Gasteiger partial charge is 0.201 e. The van der Waals surface area contributed by atoms with Gasteiger partial charge in [0.25, 0.3) is 0 Å². The number of benzene rings is 3. The molecule has 2 unspecified atom stereocenters. The van der Waals surface area contributed by atoms with Crippen molar-refractivity contribution in [2.75, 3.05) is 13.2 Å². The zero-order valence-corrected chi connectivity index (χ0v) is 21.4. The number of rotatable bonds is 9. The lowest BCUT2D eigenvalue weighted by molar-refractivity contribution is -0.0216. The first-order valence-corrected chi connectivity index (χ1v) is 12.9. The predicted molar refractivity (Wildman–Crippen MR) is 134 cm³/mol. The summed E-state index contributed by atoms with van der Waals surface area (Å²) in [5.41, 5.74) is -1.96. The van der Waals surface area contributed by atoms with Gasteiger partial charge in [-0.1, -0.05) is 37.6 Å². The first-order chi connectivity index (χ1) is 18.3. The summed E-state index contributed by atoms with van der Waals surface area (Å²) in [6.45, 7) is 4.47. The molecule has 3 aromatic rings. The highest BCUT2D eigenvalue weighted by Gasteiger charge is 2.25. The summed E-state index contributed by atoms with van der Waals surface area (Å²) in [6.07, 6.45) is 4.85. The summed E-state index contributed by atoms with van der Waals surface area (Å²) < 4.78 is 99.6. The number of hydrogen-bond acceptors (Lipinski definition) is 2. The molecule has 0 amide bonds. The Morgan fingerprint density at radius 2 is 1.24 bits per heavy atom. The average Bonchev–Trinajstić information content (AvgIpc) is 2.91. The van der Waals surface area contributed by atoms with Gasteiger partial charge in [0.15, 0.2) is 34.8 Å². The van der Waals surface area contributed by atoms with Gasteiger partial charge in [-0.25, -0.2) is 22.0 Å². The molecule has 204 valence electrons. The van der Waals surface area contributed by atoms with E-state index in [9.17, 15) is 22.0 Å². The summed E-state index contributed by atoms with van der Waals surface area (Å²) in [7, 11) is 0. The second kappa shape index (κ2) is 12.2. The Hall–Kier alpha value is -3.00. The van der Waals surface area contributed by atoms with Crippen molar-refractivity contribution >= 4 is 0 Å². The Bertz CT molecular complexity index is 1280. The molecule has 8 heteroatoms. The van der Waals surface area contributed by atoms with E-state index in [1.165, 1.54) is 12.1 Å². The van der Waals surface area contributed by atoms with Crippen LogP contribution in [0.2, 0.25) is 0 Å². The Kier molecular flexibility index (Phi) is 9.03. The highest BCUT2D eigenvalue weighted by Crippen LogP contribution is 2.37.